The van der Waals surface area contributed by atoms with Crippen LogP contribution in [-0.2, 0) is 0 Å². The first-order valence-corrected chi connectivity index (χ1v) is 5.72. The summed E-state index contributed by atoms with van der Waals surface area (Å²) in [6.45, 7) is 2.02. The number of nitrogen functional groups attached to an aromatic ring is 1. The van der Waals surface area contributed by atoms with Crippen LogP contribution in [0, 0.1) is 6.92 Å². The quantitative estimate of drug-likeness (QED) is 0.755. The van der Waals surface area contributed by atoms with E-state index in [0.717, 1.165) is 5.69 Å². The Balaban J connectivity index is 0.000000184. The predicted molar refractivity (Wildman–Crippen MR) is 75.4 cm³/mol. The van der Waals surface area contributed by atoms with E-state index >= 15 is 0 Å². The highest BCUT2D eigenvalue weighted by molar-refractivity contribution is 5.93. The monoisotopic (exact) mass is 242 g/mol. The number of amides is 1. The van der Waals surface area contributed by atoms with Gasteiger partial charge >= 0.3 is 0 Å². The fourth-order valence-corrected chi connectivity index (χ4v) is 1.40. The zero-order chi connectivity index (χ0) is 13.4. The van der Waals surface area contributed by atoms with Gasteiger partial charge in [0.2, 0.25) is 0 Å². The SMILES string of the molecule is CNC(=O)c1ccccc1.Cc1cccc(N)c1. The maximum Gasteiger partial charge on any atom is 0.251 e. The minimum Gasteiger partial charge on any atom is -0.399 e. The van der Waals surface area contributed by atoms with E-state index in [2.05, 4.69) is 5.32 Å². The Kier molecular flexibility index (Phi) is 5.45. The lowest BCUT2D eigenvalue weighted by atomic mass is 10.2. The summed E-state index contributed by atoms with van der Waals surface area (Å²) in [5.41, 5.74) is 8.21. The van der Waals surface area contributed by atoms with Gasteiger partial charge in [0.05, 0.1) is 0 Å². The van der Waals surface area contributed by atoms with Gasteiger partial charge in [-0.05, 0) is 36.8 Å². The van der Waals surface area contributed by atoms with Crippen LogP contribution < -0.4 is 11.1 Å². The molecule has 0 bridgehead atoms. The van der Waals surface area contributed by atoms with Crippen LogP contribution in [-0.4, -0.2) is 13.0 Å². The smallest absolute Gasteiger partial charge is 0.251 e. The Morgan fingerprint density at radius 2 is 1.72 bits per heavy atom. The zero-order valence-electron chi connectivity index (χ0n) is 10.7. The van der Waals surface area contributed by atoms with Crippen molar-refractivity contribution >= 4 is 11.6 Å². The van der Waals surface area contributed by atoms with Crippen molar-refractivity contribution in [2.75, 3.05) is 12.8 Å². The summed E-state index contributed by atoms with van der Waals surface area (Å²) in [5, 5.41) is 2.54. The molecule has 0 atom stereocenters. The third kappa shape index (κ3) is 4.70. The lowest BCUT2D eigenvalue weighted by molar-refractivity contribution is 0.0963. The van der Waals surface area contributed by atoms with Gasteiger partial charge in [0, 0.05) is 18.3 Å². The molecule has 2 aromatic rings. The Morgan fingerprint density at radius 3 is 2.17 bits per heavy atom. The lowest BCUT2D eigenvalue weighted by Gasteiger charge is -1.96. The summed E-state index contributed by atoms with van der Waals surface area (Å²) in [6, 6.07) is 16.9. The predicted octanol–water partition coefficient (Wildman–Crippen LogP) is 2.62. The number of anilines is 1. The molecule has 0 spiro atoms. The minimum absolute atomic E-state index is 0.0411. The van der Waals surface area contributed by atoms with Crippen molar-refractivity contribution in [2.24, 2.45) is 0 Å². The van der Waals surface area contributed by atoms with Gasteiger partial charge in [-0.1, -0.05) is 30.3 Å². The molecule has 3 nitrogen and oxygen atoms in total. The fourth-order valence-electron chi connectivity index (χ4n) is 1.40. The zero-order valence-corrected chi connectivity index (χ0v) is 10.7. The van der Waals surface area contributed by atoms with Gasteiger partial charge in [-0.3, -0.25) is 4.79 Å². The largest absolute Gasteiger partial charge is 0.399 e. The average Bonchev–Trinajstić information content (AvgIpc) is 2.39. The second-order valence-electron chi connectivity index (χ2n) is 3.86. The van der Waals surface area contributed by atoms with Gasteiger partial charge in [0.1, 0.15) is 0 Å². The van der Waals surface area contributed by atoms with E-state index < -0.39 is 0 Å². The molecule has 2 aromatic carbocycles. The topological polar surface area (TPSA) is 55.1 Å². The number of benzene rings is 2. The number of nitrogens with one attached hydrogen (secondary N) is 1. The van der Waals surface area contributed by atoms with E-state index in [4.69, 9.17) is 5.73 Å². The number of nitrogens with two attached hydrogens (primary N) is 1. The molecule has 0 aliphatic heterocycles. The van der Waals surface area contributed by atoms with Crippen LogP contribution in [0.3, 0.4) is 0 Å². The van der Waals surface area contributed by atoms with Crippen LogP contribution in [0.1, 0.15) is 15.9 Å². The van der Waals surface area contributed by atoms with Gasteiger partial charge < -0.3 is 11.1 Å². The molecule has 2 rings (SSSR count). The molecular formula is C15H18N2O. The Morgan fingerprint density at radius 1 is 1.06 bits per heavy atom. The van der Waals surface area contributed by atoms with Crippen molar-refractivity contribution < 1.29 is 4.79 Å². The van der Waals surface area contributed by atoms with E-state index in [1.807, 2.05) is 49.4 Å². The van der Waals surface area contributed by atoms with Gasteiger partial charge in [0.25, 0.3) is 5.91 Å². The van der Waals surface area contributed by atoms with Gasteiger partial charge in [-0.15, -0.1) is 0 Å². The van der Waals surface area contributed by atoms with Crippen molar-refractivity contribution in [3.63, 3.8) is 0 Å². The number of rotatable bonds is 1. The molecule has 0 radical (unpaired) electrons. The minimum atomic E-state index is -0.0411. The summed E-state index contributed by atoms with van der Waals surface area (Å²) < 4.78 is 0. The highest BCUT2D eigenvalue weighted by atomic mass is 16.1. The van der Waals surface area contributed by atoms with Crippen molar-refractivity contribution in [1.29, 1.82) is 0 Å². The summed E-state index contributed by atoms with van der Waals surface area (Å²) in [6.07, 6.45) is 0. The first-order valence-electron chi connectivity index (χ1n) is 5.72. The first kappa shape index (κ1) is 13.8. The molecule has 0 aliphatic rings. The van der Waals surface area contributed by atoms with Crippen molar-refractivity contribution in [3.8, 4) is 0 Å². The third-order valence-corrected chi connectivity index (χ3v) is 2.31. The van der Waals surface area contributed by atoms with E-state index in [0.29, 0.717) is 5.56 Å². The Labute approximate surface area is 108 Å². The number of hydrogen-bond acceptors (Lipinski definition) is 2. The van der Waals surface area contributed by atoms with Gasteiger partial charge in [0.15, 0.2) is 0 Å². The van der Waals surface area contributed by atoms with Gasteiger partial charge in [-0.2, -0.15) is 0 Å². The number of hydrogen-bond donors (Lipinski definition) is 2. The van der Waals surface area contributed by atoms with Gasteiger partial charge in [-0.25, -0.2) is 0 Å². The van der Waals surface area contributed by atoms with Crippen LogP contribution in [0.15, 0.2) is 54.6 Å². The molecule has 0 unspecified atom stereocenters. The average molecular weight is 242 g/mol. The maximum atomic E-state index is 10.9. The molecule has 94 valence electrons. The molecule has 0 saturated heterocycles. The number of aryl methyl sites for hydroxylation is 1. The summed E-state index contributed by atoms with van der Waals surface area (Å²) in [4.78, 5) is 10.9. The molecule has 0 aromatic heterocycles. The van der Waals surface area contributed by atoms with E-state index in [-0.39, 0.29) is 5.91 Å². The molecule has 1 amide bonds. The van der Waals surface area contributed by atoms with Crippen LogP contribution in [0.25, 0.3) is 0 Å². The highest BCUT2D eigenvalue weighted by Crippen LogP contribution is 2.03. The van der Waals surface area contributed by atoms with Crippen LogP contribution >= 0.6 is 0 Å². The Bertz CT molecular complexity index is 478. The molecule has 0 heterocycles. The van der Waals surface area contributed by atoms with E-state index in [1.165, 1.54) is 5.56 Å². The van der Waals surface area contributed by atoms with Crippen LogP contribution in [0.2, 0.25) is 0 Å². The fraction of sp³-hybridized carbons (Fsp3) is 0.133. The van der Waals surface area contributed by atoms with E-state index in [1.54, 1.807) is 19.2 Å². The maximum absolute atomic E-state index is 10.9. The van der Waals surface area contributed by atoms with Crippen molar-refractivity contribution in [1.82, 2.24) is 5.32 Å². The molecular weight excluding hydrogens is 224 g/mol. The summed E-state index contributed by atoms with van der Waals surface area (Å²) in [7, 11) is 1.62. The standard InChI is InChI=1S/C8H9NO.C7H9N/c1-9-8(10)7-5-3-2-4-6-7;1-6-3-2-4-7(8)5-6/h2-6H,1H3,(H,9,10);2-5H,8H2,1H3. The number of carbonyl (C=O) groups excluding carboxylic acids is 1. The molecule has 18 heavy (non-hydrogen) atoms. The molecule has 3 heteroatoms. The van der Waals surface area contributed by atoms with Crippen LogP contribution in [0.4, 0.5) is 5.69 Å². The van der Waals surface area contributed by atoms with E-state index in [9.17, 15) is 4.79 Å². The van der Waals surface area contributed by atoms with Crippen LogP contribution in [0.5, 0.6) is 0 Å². The lowest BCUT2D eigenvalue weighted by Crippen LogP contribution is -2.17. The Hall–Kier alpha value is -2.29. The summed E-state index contributed by atoms with van der Waals surface area (Å²) >= 11 is 0. The second kappa shape index (κ2) is 7.12. The number of carbonyl (C=O) groups is 1. The second-order valence-corrected chi connectivity index (χ2v) is 3.86. The molecule has 3 N–H and O–H groups in total. The normalized spacial score (nSPS) is 9.00. The molecule has 0 aliphatic carbocycles. The summed E-state index contributed by atoms with van der Waals surface area (Å²) in [5.74, 6) is -0.0411. The highest BCUT2D eigenvalue weighted by Gasteiger charge is 1.97. The third-order valence-electron chi connectivity index (χ3n) is 2.31. The van der Waals surface area contributed by atoms with Crippen molar-refractivity contribution in [3.05, 3.63) is 65.7 Å². The first-order chi connectivity index (χ1) is 8.63. The molecule has 0 saturated carbocycles. The molecule has 0 fully saturated rings. The van der Waals surface area contributed by atoms with Crippen molar-refractivity contribution in [2.45, 2.75) is 6.92 Å².